The Kier molecular flexibility index (Phi) is 4.69. The van der Waals surface area contributed by atoms with Crippen LogP contribution in [0, 0.1) is 0 Å². The fraction of sp³-hybridized carbons (Fsp3) is 0.643. The van der Waals surface area contributed by atoms with Crippen LogP contribution >= 0.6 is 22.9 Å². The summed E-state index contributed by atoms with van der Waals surface area (Å²) in [5.41, 5.74) is 1.12. The second-order valence-corrected chi connectivity index (χ2v) is 6.84. The highest BCUT2D eigenvalue weighted by molar-refractivity contribution is 7.15. The molecule has 3 rings (SSSR count). The van der Waals surface area contributed by atoms with Crippen molar-refractivity contribution in [3.05, 3.63) is 17.3 Å². The molecule has 0 aliphatic carbocycles. The number of hydrogen-bond acceptors (Lipinski definition) is 5. The van der Waals surface area contributed by atoms with Crippen LogP contribution < -0.4 is 4.90 Å². The number of rotatable bonds is 5. The summed E-state index contributed by atoms with van der Waals surface area (Å²) in [6, 6.07) is 0. The Balaban J connectivity index is 1.66. The van der Waals surface area contributed by atoms with Crippen LogP contribution in [-0.2, 0) is 5.88 Å². The topological polar surface area (TPSA) is 27.0 Å². The molecule has 0 atom stereocenters. The Bertz CT molecular complexity index is 585. The van der Waals surface area contributed by atoms with Gasteiger partial charge < -0.3 is 9.80 Å². The minimum Gasteiger partial charge on any atom is -0.352 e. The molecule has 0 amide bonds. The van der Waals surface area contributed by atoms with E-state index in [1.165, 1.54) is 0 Å². The van der Waals surface area contributed by atoms with Gasteiger partial charge in [0.25, 0.3) is 0 Å². The summed E-state index contributed by atoms with van der Waals surface area (Å²) in [4.78, 5) is 12.9. The number of anilines is 1. The number of likely N-dealkylation sites (N-methyl/N-ethyl adjacent to an activating group) is 1. The average molecular weight is 328 g/mol. The molecule has 5 nitrogen and oxygen atoms in total. The Labute approximate surface area is 134 Å². The molecule has 2 aromatic heterocycles. The zero-order valence-corrected chi connectivity index (χ0v) is 14.2. The smallest absolute Gasteiger partial charge is 0.195 e. The van der Waals surface area contributed by atoms with Crippen molar-refractivity contribution < 1.29 is 0 Å². The van der Waals surface area contributed by atoms with Crippen LogP contribution in [0.4, 0.5) is 5.82 Å². The largest absolute Gasteiger partial charge is 0.352 e. The quantitative estimate of drug-likeness (QED) is 0.783. The monoisotopic (exact) mass is 327 g/mol. The van der Waals surface area contributed by atoms with E-state index in [9.17, 15) is 0 Å². The number of imidazole rings is 1. The molecular formula is C14H22ClN5S. The van der Waals surface area contributed by atoms with Crippen molar-refractivity contribution in [1.82, 2.24) is 19.2 Å². The molecule has 0 bridgehead atoms. The fourth-order valence-electron chi connectivity index (χ4n) is 2.72. The maximum absolute atomic E-state index is 6.14. The zero-order valence-electron chi connectivity index (χ0n) is 12.6. The summed E-state index contributed by atoms with van der Waals surface area (Å²) in [6.07, 6.45) is 2.06. The van der Waals surface area contributed by atoms with Crippen molar-refractivity contribution in [2.45, 2.75) is 5.88 Å². The lowest BCUT2D eigenvalue weighted by atomic mass is 10.3. The van der Waals surface area contributed by atoms with E-state index < -0.39 is 0 Å². The van der Waals surface area contributed by atoms with E-state index in [2.05, 4.69) is 44.8 Å². The van der Waals surface area contributed by atoms with Gasteiger partial charge in [0.2, 0.25) is 0 Å². The van der Waals surface area contributed by atoms with Gasteiger partial charge in [-0.1, -0.05) is 0 Å². The number of alkyl halides is 1. The number of piperazine rings is 1. The van der Waals surface area contributed by atoms with E-state index in [1.807, 2.05) is 0 Å². The lowest BCUT2D eigenvalue weighted by molar-refractivity contribution is 0.229. The van der Waals surface area contributed by atoms with Gasteiger partial charge in [-0.05, 0) is 14.1 Å². The van der Waals surface area contributed by atoms with Crippen molar-refractivity contribution in [3.63, 3.8) is 0 Å². The summed E-state index contributed by atoms with van der Waals surface area (Å²) in [7, 11) is 4.25. The Morgan fingerprint density at radius 1 is 1.29 bits per heavy atom. The van der Waals surface area contributed by atoms with E-state index in [4.69, 9.17) is 16.6 Å². The van der Waals surface area contributed by atoms with E-state index in [0.717, 1.165) is 55.7 Å². The average Bonchev–Trinajstić information content (AvgIpc) is 3.05. The molecule has 0 saturated carbocycles. The molecule has 2 aromatic rings. The molecule has 1 aliphatic heterocycles. The number of nitrogens with zero attached hydrogens (tertiary/aromatic N) is 5. The van der Waals surface area contributed by atoms with Crippen LogP contribution in [0.5, 0.6) is 0 Å². The number of aromatic nitrogens is 2. The van der Waals surface area contributed by atoms with Gasteiger partial charge in [0.15, 0.2) is 10.8 Å². The van der Waals surface area contributed by atoms with Crippen molar-refractivity contribution in [2.75, 3.05) is 58.3 Å². The molecule has 0 radical (unpaired) electrons. The summed E-state index contributed by atoms with van der Waals surface area (Å²) < 4.78 is 2.12. The minimum absolute atomic E-state index is 0.508. The third kappa shape index (κ3) is 3.18. The van der Waals surface area contributed by atoms with Gasteiger partial charge in [-0.3, -0.25) is 9.30 Å². The van der Waals surface area contributed by atoms with Gasteiger partial charge in [0, 0.05) is 50.8 Å². The number of fused-ring (bicyclic) bond motifs is 1. The third-order valence-corrected chi connectivity index (χ3v) is 5.01. The molecule has 3 heterocycles. The van der Waals surface area contributed by atoms with E-state index >= 15 is 0 Å². The lowest BCUT2D eigenvalue weighted by Gasteiger charge is -2.35. The zero-order chi connectivity index (χ0) is 14.8. The van der Waals surface area contributed by atoms with Gasteiger partial charge in [0.1, 0.15) is 0 Å². The standard InChI is InChI=1S/C14H22ClN5S/c1-17(2)3-4-18-5-7-19(8-6-18)13-12(11-15)20-9-10-21-14(20)16-13/h9-10H,3-8,11H2,1-2H3. The van der Waals surface area contributed by atoms with E-state index in [1.54, 1.807) is 11.3 Å². The first-order valence-corrected chi connectivity index (χ1v) is 8.73. The van der Waals surface area contributed by atoms with Gasteiger partial charge in [-0.25, -0.2) is 4.98 Å². The highest BCUT2D eigenvalue weighted by atomic mass is 35.5. The molecule has 7 heteroatoms. The third-order valence-electron chi connectivity index (χ3n) is 4.00. The summed E-state index contributed by atoms with van der Waals surface area (Å²) in [5, 5.41) is 2.06. The first-order chi connectivity index (χ1) is 10.2. The van der Waals surface area contributed by atoms with Gasteiger partial charge in [-0.15, -0.1) is 22.9 Å². The second kappa shape index (κ2) is 6.52. The molecule has 0 spiro atoms. The Morgan fingerprint density at radius 2 is 2.05 bits per heavy atom. The van der Waals surface area contributed by atoms with E-state index in [0.29, 0.717) is 5.88 Å². The number of halogens is 1. The summed E-state index contributed by atoms with van der Waals surface area (Å²) >= 11 is 7.81. The van der Waals surface area contributed by atoms with Crippen molar-refractivity contribution in [2.24, 2.45) is 0 Å². The van der Waals surface area contributed by atoms with Crippen LogP contribution in [0.3, 0.4) is 0 Å². The lowest BCUT2D eigenvalue weighted by Crippen LogP contribution is -2.48. The first kappa shape index (κ1) is 15.1. The molecular weight excluding hydrogens is 306 g/mol. The predicted octanol–water partition coefficient (Wildman–Crippen LogP) is 1.82. The van der Waals surface area contributed by atoms with Crippen LogP contribution in [0.15, 0.2) is 11.6 Å². The van der Waals surface area contributed by atoms with Crippen LogP contribution in [-0.4, -0.2) is 72.5 Å². The molecule has 1 fully saturated rings. The normalized spacial score (nSPS) is 17.2. The molecule has 1 saturated heterocycles. The SMILES string of the molecule is CN(C)CCN1CCN(c2nc3sccn3c2CCl)CC1. The van der Waals surface area contributed by atoms with E-state index in [-0.39, 0.29) is 0 Å². The highest BCUT2D eigenvalue weighted by Crippen LogP contribution is 2.26. The van der Waals surface area contributed by atoms with Gasteiger partial charge >= 0.3 is 0 Å². The maximum Gasteiger partial charge on any atom is 0.195 e. The molecule has 0 unspecified atom stereocenters. The molecule has 0 aromatic carbocycles. The van der Waals surface area contributed by atoms with Crippen molar-refractivity contribution >= 4 is 33.7 Å². The molecule has 21 heavy (non-hydrogen) atoms. The van der Waals surface area contributed by atoms with Crippen LogP contribution in [0.2, 0.25) is 0 Å². The van der Waals surface area contributed by atoms with Crippen LogP contribution in [0.1, 0.15) is 5.69 Å². The first-order valence-electron chi connectivity index (χ1n) is 7.31. The summed E-state index contributed by atoms with van der Waals surface area (Å²) in [5.74, 6) is 1.58. The summed E-state index contributed by atoms with van der Waals surface area (Å²) in [6.45, 7) is 6.51. The van der Waals surface area contributed by atoms with Crippen molar-refractivity contribution in [1.29, 1.82) is 0 Å². The Morgan fingerprint density at radius 3 is 2.71 bits per heavy atom. The maximum atomic E-state index is 6.14. The predicted molar refractivity (Wildman–Crippen MR) is 89.8 cm³/mol. The van der Waals surface area contributed by atoms with Crippen LogP contribution in [0.25, 0.3) is 4.96 Å². The number of hydrogen-bond donors (Lipinski definition) is 0. The fourth-order valence-corrected chi connectivity index (χ4v) is 3.70. The molecule has 0 N–H and O–H groups in total. The second-order valence-electron chi connectivity index (χ2n) is 5.70. The Hall–Kier alpha value is -0.820. The minimum atomic E-state index is 0.508. The van der Waals surface area contributed by atoms with Gasteiger partial charge in [-0.2, -0.15) is 0 Å². The molecule has 116 valence electrons. The number of thiazole rings is 1. The molecule has 1 aliphatic rings. The van der Waals surface area contributed by atoms with Crippen molar-refractivity contribution in [3.8, 4) is 0 Å². The highest BCUT2D eigenvalue weighted by Gasteiger charge is 2.22. The van der Waals surface area contributed by atoms with Gasteiger partial charge in [0.05, 0.1) is 11.6 Å².